The molecule has 0 saturated carbocycles. The second-order valence-electron chi connectivity index (χ2n) is 16.3. The van der Waals surface area contributed by atoms with E-state index in [9.17, 15) is 10.5 Å². The van der Waals surface area contributed by atoms with E-state index in [0.717, 1.165) is 33.0 Å². The van der Waals surface area contributed by atoms with Crippen molar-refractivity contribution >= 4 is 50.7 Å². The number of imide groups is 1. The van der Waals surface area contributed by atoms with E-state index in [-0.39, 0.29) is 22.4 Å². The summed E-state index contributed by atoms with van der Waals surface area (Å²) in [6.07, 6.45) is 0. The quantitative estimate of drug-likeness (QED) is 0.118. The van der Waals surface area contributed by atoms with Gasteiger partial charge in [0.1, 0.15) is 0 Å². The lowest BCUT2D eigenvalue weighted by Crippen LogP contribution is -2.30. The maximum atomic E-state index is 15.9. The molecule has 2 amide bonds. The van der Waals surface area contributed by atoms with Gasteiger partial charge in [-0.2, -0.15) is 10.5 Å². The summed E-state index contributed by atoms with van der Waals surface area (Å²) in [5.41, 5.74) is 11.2. The number of para-hydroxylation sites is 2. The van der Waals surface area contributed by atoms with Crippen molar-refractivity contribution in [2.75, 3.05) is 4.90 Å². The fourth-order valence-corrected chi connectivity index (χ4v) is 9.65. The number of anilines is 1. The predicted molar refractivity (Wildman–Crippen MR) is 267 cm³/mol. The highest BCUT2D eigenvalue weighted by Crippen LogP contribution is 2.49. The molecule has 8 nitrogen and oxygen atoms in total. The first kappa shape index (κ1) is 40.6. The van der Waals surface area contributed by atoms with Crippen molar-refractivity contribution in [3.63, 3.8) is 0 Å². The lowest BCUT2D eigenvalue weighted by molar-refractivity contribution is 0.0926. The maximum Gasteiger partial charge on any atom is 0.268 e. The van der Waals surface area contributed by atoms with E-state index in [0.29, 0.717) is 67.0 Å². The zero-order valence-electron chi connectivity index (χ0n) is 36.0. The SMILES string of the molecule is [C-]#[N+]c1ccc(-c2cccc3c4cccc(-c5ccc(C#N)cc5C#N)c4n(-c4cccc5c4C(=O)N(c4c(-c6ccccc6)cc(-c6ccccc6)cc4-c4ccccc4)C5=O)c23)c([N+]#[C-])c1. The van der Waals surface area contributed by atoms with Gasteiger partial charge in [-0.05, 0) is 69.8 Å². The molecule has 0 bridgehead atoms. The number of amides is 2. The minimum atomic E-state index is -0.522. The van der Waals surface area contributed by atoms with Crippen LogP contribution in [0.4, 0.5) is 17.1 Å². The molecule has 0 saturated heterocycles. The Balaban J connectivity index is 1.23. The molecule has 0 fully saturated rings. The van der Waals surface area contributed by atoms with E-state index in [1.54, 1.807) is 48.5 Å². The summed E-state index contributed by atoms with van der Waals surface area (Å²) in [5, 5.41) is 21.9. The van der Waals surface area contributed by atoms with Crippen LogP contribution in [0.1, 0.15) is 31.8 Å². The molecule has 0 spiro atoms. The molecule has 2 heterocycles. The highest BCUT2D eigenvalue weighted by Gasteiger charge is 2.42. The Morgan fingerprint density at radius 1 is 0.441 bits per heavy atom. The number of rotatable bonds is 7. The summed E-state index contributed by atoms with van der Waals surface area (Å²) in [7, 11) is 0. The first-order chi connectivity index (χ1) is 33.4. The van der Waals surface area contributed by atoms with Crippen molar-refractivity contribution in [2.45, 2.75) is 0 Å². The highest BCUT2D eigenvalue weighted by molar-refractivity contribution is 6.37. The van der Waals surface area contributed by atoms with Crippen molar-refractivity contribution in [1.29, 1.82) is 10.5 Å². The number of nitrogens with zero attached hydrogens (tertiary/aromatic N) is 6. The van der Waals surface area contributed by atoms with E-state index in [4.69, 9.17) is 13.1 Å². The maximum absolute atomic E-state index is 15.9. The van der Waals surface area contributed by atoms with Crippen LogP contribution >= 0.6 is 0 Å². The number of hydrogen-bond acceptors (Lipinski definition) is 4. The molecule has 0 atom stereocenters. The van der Waals surface area contributed by atoms with Gasteiger partial charge in [-0.25, -0.2) is 14.6 Å². The van der Waals surface area contributed by atoms with Gasteiger partial charge >= 0.3 is 0 Å². The third kappa shape index (κ3) is 6.42. The lowest BCUT2D eigenvalue weighted by Gasteiger charge is -2.24. The number of aromatic nitrogens is 1. The molecule has 68 heavy (non-hydrogen) atoms. The Morgan fingerprint density at radius 3 is 1.57 bits per heavy atom. The molecule has 0 N–H and O–H groups in total. The first-order valence-electron chi connectivity index (χ1n) is 21.7. The zero-order valence-corrected chi connectivity index (χ0v) is 36.0. The molecule has 11 rings (SSSR count). The standard InChI is InChI=1S/C60H32N6O2/c1-63-43-28-30-45(53(34-43)64-2)47-22-13-24-49-48-23-12-21-46(44-29-27-37(35-61)31-42(44)36-62)56(48)65(57(47)49)54-26-14-25-50-55(54)60(68)66(59(50)67)58-51(39-17-8-4-9-18-39)32-41(38-15-6-3-7-16-38)33-52(58)40-19-10-5-11-20-40/h3-34H. The van der Waals surface area contributed by atoms with Gasteiger partial charge in [0.25, 0.3) is 11.8 Å². The summed E-state index contributed by atoms with van der Waals surface area (Å²) in [6.45, 7) is 15.9. The Morgan fingerprint density at radius 2 is 1.00 bits per heavy atom. The minimum absolute atomic E-state index is 0.181. The van der Waals surface area contributed by atoms with Gasteiger partial charge < -0.3 is 4.57 Å². The van der Waals surface area contributed by atoms with Crippen LogP contribution in [0.25, 0.3) is 92.8 Å². The number of benzene rings is 9. The van der Waals surface area contributed by atoms with Gasteiger partial charge in [0.15, 0.2) is 11.4 Å². The van der Waals surface area contributed by atoms with Crippen LogP contribution in [-0.4, -0.2) is 16.4 Å². The van der Waals surface area contributed by atoms with Crippen molar-refractivity contribution < 1.29 is 9.59 Å². The zero-order chi connectivity index (χ0) is 46.5. The molecule has 1 aliphatic rings. The van der Waals surface area contributed by atoms with E-state index < -0.39 is 11.8 Å². The fourth-order valence-electron chi connectivity index (χ4n) is 9.65. The van der Waals surface area contributed by atoms with Crippen LogP contribution in [0.15, 0.2) is 194 Å². The van der Waals surface area contributed by atoms with Crippen molar-refractivity contribution in [2.24, 2.45) is 0 Å². The first-order valence-corrected chi connectivity index (χ1v) is 21.7. The van der Waals surface area contributed by atoms with Crippen LogP contribution < -0.4 is 4.90 Å². The molecule has 0 aliphatic carbocycles. The van der Waals surface area contributed by atoms with Crippen molar-refractivity contribution in [3.05, 3.63) is 239 Å². The Kier molecular flexibility index (Phi) is 9.84. The van der Waals surface area contributed by atoms with Crippen LogP contribution in [0.2, 0.25) is 0 Å². The Bertz CT molecular complexity index is 3750. The van der Waals surface area contributed by atoms with Crippen LogP contribution in [0.3, 0.4) is 0 Å². The monoisotopic (exact) mass is 868 g/mol. The average Bonchev–Trinajstić information content (AvgIpc) is 3.88. The second kappa shape index (κ2) is 16.5. The average molecular weight is 869 g/mol. The van der Waals surface area contributed by atoms with Gasteiger partial charge in [-0.1, -0.05) is 158 Å². The Hall–Kier alpha value is -10.1. The lowest BCUT2D eigenvalue weighted by atomic mass is 9.90. The third-order valence-electron chi connectivity index (χ3n) is 12.6. The highest BCUT2D eigenvalue weighted by atomic mass is 16.2. The number of fused-ring (bicyclic) bond motifs is 4. The van der Waals surface area contributed by atoms with Crippen molar-refractivity contribution in [3.8, 4) is 73.5 Å². The summed E-state index contributed by atoms with van der Waals surface area (Å²) >= 11 is 0. The second-order valence-corrected chi connectivity index (χ2v) is 16.3. The predicted octanol–water partition coefficient (Wildman–Crippen LogP) is 14.8. The fraction of sp³-hybridized carbons (Fsp3) is 0. The van der Waals surface area contributed by atoms with E-state index in [1.165, 1.54) is 4.90 Å². The molecule has 1 aromatic heterocycles. The molecule has 0 unspecified atom stereocenters. The van der Waals surface area contributed by atoms with E-state index in [1.807, 2.05) is 150 Å². The summed E-state index contributed by atoms with van der Waals surface area (Å²) < 4.78 is 1.98. The van der Waals surface area contributed by atoms with Crippen molar-refractivity contribution in [1.82, 2.24) is 4.57 Å². The summed E-state index contributed by atoms with van der Waals surface area (Å²) in [4.78, 5) is 40.1. The summed E-state index contributed by atoms with van der Waals surface area (Å²) in [6, 6.07) is 65.0. The topological polar surface area (TPSA) is 98.6 Å². The molecular weight excluding hydrogens is 837 g/mol. The molecule has 9 aromatic carbocycles. The van der Waals surface area contributed by atoms with Crippen LogP contribution in [0, 0.1) is 35.8 Å². The van der Waals surface area contributed by atoms with Gasteiger partial charge in [-0.3, -0.25) is 9.59 Å². The van der Waals surface area contributed by atoms with Crippen LogP contribution in [0.5, 0.6) is 0 Å². The van der Waals surface area contributed by atoms with Gasteiger partial charge in [0, 0.05) is 33.0 Å². The smallest absolute Gasteiger partial charge is 0.268 e. The number of nitriles is 2. The van der Waals surface area contributed by atoms with Gasteiger partial charge in [-0.15, -0.1) is 0 Å². The molecule has 8 heteroatoms. The molecule has 314 valence electrons. The van der Waals surface area contributed by atoms with E-state index >= 15 is 9.59 Å². The molecular formula is C60H32N6O2. The number of hydrogen-bond donors (Lipinski definition) is 0. The molecule has 10 aromatic rings. The Labute approximate surface area is 391 Å². The van der Waals surface area contributed by atoms with Gasteiger partial charge in [0.2, 0.25) is 0 Å². The number of carbonyl (C=O) groups excluding carboxylic acids is 2. The van der Waals surface area contributed by atoms with Crippen LogP contribution in [-0.2, 0) is 0 Å². The number of carbonyl (C=O) groups is 2. The minimum Gasteiger partial charge on any atom is -0.307 e. The van der Waals surface area contributed by atoms with Gasteiger partial charge in [0.05, 0.1) is 69.9 Å². The normalized spacial score (nSPS) is 11.8. The summed E-state index contributed by atoms with van der Waals surface area (Å²) in [5.74, 6) is -1.01. The largest absolute Gasteiger partial charge is 0.307 e. The third-order valence-corrected chi connectivity index (χ3v) is 12.6. The van der Waals surface area contributed by atoms with E-state index in [2.05, 4.69) is 21.8 Å². The molecule has 1 aliphatic heterocycles. The molecule has 0 radical (unpaired) electrons.